The van der Waals surface area contributed by atoms with Crippen molar-refractivity contribution in [2.45, 2.75) is 45.3 Å². The van der Waals surface area contributed by atoms with Crippen molar-refractivity contribution < 1.29 is 14.6 Å². The first kappa shape index (κ1) is 24.4. The van der Waals surface area contributed by atoms with Crippen molar-refractivity contribution >= 4 is 11.9 Å². The van der Waals surface area contributed by atoms with Crippen LogP contribution in [0.2, 0.25) is 0 Å². The number of nitrogens with zero attached hydrogens (tertiary/aromatic N) is 5. The molecule has 1 aliphatic rings. The summed E-state index contributed by atoms with van der Waals surface area (Å²) in [7, 11) is 1.90. The van der Waals surface area contributed by atoms with Crippen LogP contribution in [-0.4, -0.2) is 41.9 Å². The van der Waals surface area contributed by atoms with E-state index in [-0.39, 0.29) is 12.0 Å². The number of aryl methyl sites for hydroxylation is 2. The van der Waals surface area contributed by atoms with Crippen LogP contribution in [0.4, 0.5) is 5.95 Å². The number of carbonyl (C=O) groups is 1. The number of rotatable bonds is 8. The molecule has 1 aliphatic carbocycles. The maximum atomic E-state index is 11.4. The fourth-order valence-electron chi connectivity index (χ4n) is 4.74. The number of aliphatic carboxylic acids is 1. The molecule has 2 atom stereocenters. The van der Waals surface area contributed by atoms with Crippen molar-refractivity contribution in [3.63, 3.8) is 0 Å². The number of anilines is 1. The molecular weight excluding hydrogens is 468 g/mol. The molecule has 9 heteroatoms. The van der Waals surface area contributed by atoms with Gasteiger partial charge in [0.1, 0.15) is 5.75 Å². The summed E-state index contributed by atoms with van der Waals surface area (Å²) in [5.74, 6) is 0.144. The molecule has 0 unspecified atom stereocenters. The Hall–Kier alpha value is -4.27. The van der Waals surface area contributed by atoms with Crippen LogP contribution in [0, 0.1) is 12.8 Å². The highest BCUT2D eigenvalue weighted by Gasteiger charge is 2.28. The fraction of sp³-hybridized carbons (Fsp3) is 0.321. The largest absolute Gasteiger partial charge is 0.489 e. The van der Waals surface area contributed by atoms with E-state index < -0.39 is 5.97 Å². The first-order valence-corrected chi connectivity index (χ1v) is 12.5. The second-order valence-corrected chi connectivity index (χ2v) is 9.34. The summed E-state index contributed by atoms with van der Waals surface area (Å²) in [6.45, 7) is 2.38. The third kappa shape index (κ3) is 5.61. The quantitative estimate of drug-likeness (QED) is 0.353. The first-order chi connectivity index (χ1) is 18.0. The number of aromatic nitrogens is 5. The van der Waals surface area contributed by atoms with Crippen LogP contribution >= 0.6 is 0 Å². The Morgan fingerprint density at radius 1 is 1.11 bits per heavy atom. The zero-order chi connectivity index (χ0) is 25.8. The Morgan fingerprint density at radius 2 is 1.95 bits per heavy atom. The molecule has 2 N–H and O–H groups in total. The van der Waals surface area contributed by atoms with E-state index in [1.165, 1.54) is 0 Å². The summed E-state index contributed by atoms with van der Waals surface area (Å²) >= 11 is 0. The maximum Gasteiger partial charge on any atom is 0.306 e. The number of carboxylic acid groups (broad SMARTS) is 1. The van der Waals surface area contributed by atoms with Gasteiger partial charge >= 0.3 is 5.97 Å². The number of pyridine rings is 1. The van der Waals surface area contributed by atoms with E-state index >= 15 is 0 Å². The van der Waals surface area contributed by atoms with Gasteiger partial charge in [0.25, 0.3) is 0 Å². The predicted octanol–water partition coefficient (Wildman–Crippen LogP) is 4.88. The Balaban J connectivity index is 1.30. The van der Waals surface area contributed by atoms with Gasteiger partial charge in [0.15, 0.2) is 0 Å². The summed E-state index contributed by atoms with van der Waals surface area (Å²) in [6.07, 6.45) is 6.40. The number of carboxylic acids is 1. The molecule has 3 heterocycles. The highest BCUT2D eigenvalue weighted by atomic mass is 16.5. The molecule has 0 spiro atoms. The van der Waals surface area contributed by atoms with E-state index in [1.54, 1.807) is 12.4 Å². The van der Waals surface area contributed by atoms with E-state index in [4.69, 9.17) is 9.72 Å². The van der Waals surface area contributed by atoms with Crippen molar-refractivity contribution in [3.8, 4) is 28.3 Å². The predicted molar refractivity (Wildman–Crippen MR) is 140 cm³/mol. The van der Waals surface area contributed by atoms with Crippen LogP contribution in [0.5, 0.6) is 5.75 Å². The van der Waals surface area contributed by atoms with Crippen LogP contribution in [-0.2, 0) is 18.4 Å². The Labute approximate surface area is 215 Å². The maximum absolute atomic E-state index is 11.4. The van der Waals surface area contributed by atoms with Crippen LogP contribution in [0.25, 0.3) is 22.5 Å². The molecule has 9 nitrogen and oxygen atoms in total. The first-order valence-electron chi connectivity index (χ1n) is 12.5. The lowest BCUT2D eigenvalue weighted by Crippen LogP contribution is -2.29. The number of hydrogen-bond donors (Lipinski definition) is 2. The lowest BCUT2D eigenvalue weighted by molar-refractivity contribution is -0.143. The number of benzene rings is 1. The molecule has 37 heavy (non-hydrogen) atoms. The third-order valence-electron chi connectivity index (χ3n) is 6.78. The third-order valence-corrected chi connectivity index (χ3v) is 6.78. The average Bonchev–Trinajstić information content (AvgIpc) is 3.29. The molecule has 190 valence electrons. The van der Waals surface area contributed by atoms with Gasteiger partial charge in [-0.2, -0.15) is 5.10 Å². The van der Waals surface area contributed by atoms with Crippen molar-refractivity contribution in [2.75, 3.05) is 5.32 Å². The Morgan fingerprint density at radius 3 is 2.73 bits per heavy atom. The van der Waals surface area contributed by atoms with E-state index in [1.807, 2.05) is 67.2 Å². The normalized spacial score (nSPS) is 17.4. The van der Waals surface area contributed by atoms with Crippen molar-refractivity contribution in [1.82, 2.24) is 24.7 Å². The SMILES string of the molecule is Cc1nc(-c2cnn(C)c2CNc2nccc(-c3ccccc3)n2)ccc1O[C@H]1CCC[C@H](C(=O)O)C1. The van der Waals surface area contributed by atoms with E-state index in [9.17, 15) is 9.90 Å². The minimum absolute atomic E-state index is 0.106. The number of ether oxygens (including phenoxy) is 1. The van der Waals surface area contributed by atoms with Crippen molar-refractivity contribution in [2.24, 2.45) is 13.0 Å². The zero-order valence-corrected chi connectivity index (χ0v) is 21.0. The standard InChI is InChI=1S/C28H30N6O3/c1-18-26(37-21-10-6-9-20(15-21)27(35)36)12-11-24(32-18)22-16-31-34(2)25(22)17-30-28-29-14-13-23(33-28)19-7-4-3-5-8-19/h3-5,7-8,11-14,16,20-21H,6,9-10,15,17H2,1-2H3,(H,35,36)(H,29,30,33)/t20-,21-/m0/s1. The lowest BCUT2D eigenvalue weighted by atomic mass is 9.87. The van der Waals surface area contributed by atoms with Gasteiger partial charge in [0.2, 0.25) is 5.95 Å². The molecule has 0 bridgehead atoms. The minimum Gasteiger partial charge on any atom is -0.489 e. The number of hydrogen-bond acceptors (Lipinski definition) is 7. The van der Waals surface area contributed by atoms with E-state index in [2.05, 4.69) is 20.4 Å². The highest BCUT2D eigenvalue weighted by molar-refractivity contribution is 5.70. The van der Waals surface area contributed by atoms with Crippen molar-refractivity contribution in [1.29, 1.82) is 0 Å². The van der Waals surface area contributed by atoms with Crippen LogP contribution < -0.4 is 10.1 Å². The van der Waals surface area contributed by atoms with Gasteiger partial charge in [-0.25, -0.2) is 15.0 Å². The molecule has 0 aliphatic heterocycles. The van der Waals surface area contributed by atoms with Gasteiger partial charge < -0.3 is 15.2 Å². The molecule has 3 aromatic heterocycles. The van der Waals surface area contributed by atoms with Crippen LogP contribution in [0.1, 0.15) is 37.1 Å². The molecule has 0 amide bonds. The van der Waals surface area contributed by atoms with E-state index in [0.717, 1.165) is 46.7 Å². The van der Waals surface area contributed by atoms with Crippen LogP contribution in [0.3, 0.4) is 0 Å². The van der Waals surface area contributed by atoms with Gasteiger partial charge in [-0.15, -0.1) is 0 Å². The smallest absolute Gasteiger partial charge is 0.306 e. The average molecular weight is 499 g/mol. The van der Waals surface area contributed by atoms with Crippen molar-refractivity contribution in [3.05, 3.63) is 72.3 Å². The summed E-state index contributed by atoms with van der Waals surface area (Å²) in [5, 5.41) is 17.1. The second-order valence-electron chi connectivity index (χ2n) is 9.34. The summed E-state index contributed by atoms with van der Waals surface area (Å²) in [5.41, 5.74) is 5.29. The Bertz CT molecular complexity index is 1390. The minimum atomic E-state index is -0.742. The highest BCUT2D eigenvalue weighted by Crippen LogP contribution is 2.31. The zero-order valence-electron chi connectivity index (χ0n) is 21.0. The topological polar surface area (TPSA) is 115 Å². The van der Waals surface area contributed by atoms with Gasteiger partial charge in [-0.05, 0) is 50.8 Å². The summed E-state index contributed by atoms with van der Waals surface area (Å²) < 4.78 is 7.99. The van der Waals surface area contributed by atoms with E-state index in [0.29, 0.717) is 31.1 Å². The van der Waals surface area contributed by atoms with Gasteiger partial charge in [0, 0.05) is 24.4 Å². The molecule has 1 saturated carbocycles. The lowest BCUT2D eigenvalue weighted by Gasteiger charge is -2.27. The van der Waals surface area contributed by atoms with Gasteiger partial charge in [-0.3, -0.25) is 9.48 Å². The molecular formula is C28H30N6O3. The molecule has 0 radical (unpaired) electrons. The second kappa shape index (κ2) is 10.8. The molecule has 4 aromatic rings. The molecule has 5 rings (SSSR count). The van der Waals surface area contributed by atoms with Gasteiger partial charge in [0.05, 0.1) is 47.5 Å². The Kier molecular flexibility index (Phi) is 7.11. The molecule has 1 aromatic carbocycles. The number of nitrogens with one attached hydrogen (secondary N) is 1. The fourth-order valence-corrected chi connectivity index (χ4v) is 4.74. The monoisotopic (exact) mass is 498 g/mol. The summed E-state index contributed by atoms with van der Waals surface area (Å²) in [6, 6.07) is 15.7. The van der Waals surface area contributed by atoms with Crippen LogP contribution in [0.15, 0.2) is 60.9 Å². The molecule has 1 fully saturated rings. The molecule has 0 saturated heterocycles. The summed E-state index contributed by atoms with van der Waals surface area (Å²) in [4.78, 5) is 25.2. The van der Waals surface area contributed by atoms with Gasteiger partial charge in [-0.1, -0.05) is 30.3 Å².